The summed E-state index contributed by atoms with van der Waals surface area (Å²) in [4.78, 5) is 18.5. The zero-order valence-corrected chi connectivity index (χ0v) is 15.9. The lowest BCUT2D eigenvalue weighted by Crippen LogP contribution is -2.30. The molecule has 2 saturated heterocycles. The second kappa shape index (κ2) is 6.20. The lowest BCUT2D eigenvalue weighted by molar-refractivity contribution is 0.279. The standard InChI is InChI=1S/C20H24N6O/c1-24-9-14-10-26(20-21-8-17-19(23-20)22-12-25(17)2)11-16(14)18(24)13-4-6-15(27-3)7-5-13/h4-8,12,14,16,18H,9-11H2,1-3H3/t14-,16+,18+/m0/s1. The van der Waals surface area contributed by atoms with Gasteiger partial charge in [-0.1, -0.05) is 12.1 Å². The van der Waals surface area contributed by atoms with Gasteiger partial charge in [0.05, 0.1) is 19.6 Å². The van der Waals surface area contributed by atoms with Crippen LogP contribution >= 0.6 is 0 Å². The van der Waals surface area contributed by atoms with Crippen LogP contribution in [0.15, 0.2) is 36.8 Å². The number of methoxy groups -OCH3 is 1. The molecule has 7 nitrogen and oxygen atoms in total. The van der Waals surface area contributed by atoms with E-state index in [1.807, 2.05) is 17.8 Å². The predicted molar refractivity (Wildman–Crippen MR) is 104 cm³/mol. The van der Waals surface area contributed by atoms with Gasteiger partial charge in [-0.15, -0.1) is 0 Å². The zero-order chi connectivity index (χ0) is 18.5. The average molecular weight is 364 g/mol. The molecule has 140 valence electrons. The summed E-state index contributed by atoms with van der Waals surface area (Å²) in [5.74, 6) is 2.91. The lowest BCUT2D eigenvalue weighted by atomic mass is 9.89. The molecule has 3 aromatic rings. The van der Waals surface area contributed by atoms with Crippen molar-refractivity contribution in [3.63, 3.8) is 0 Å². The Morgan fingerprint density at radius 1 is 1.04 bits per heavy atom. The van der Waals surface area contributed by atoms with E-state index in [0.717, 1.165) is 42.5 Å². The summed E-state index contributed by atoms with van der Waals surface area (Å²) in [6.45, 7) is 3.08. The van der Waals surface area contributed by atoms with Crippen LogP contribution in [0.3, 0.4) is 0 Å². The van der Waals surface area contributed by atoms with Gasteiger partial charge in [-0.2, -0.15) is 4.98 Å². The fraction of sp³-hybridized carbons (Fsp3) is 0.450. The van der Waals surface area contributed by atoms with Gasteiger partial charge in [0.15, 0.2) is 5.65 Å². The maximum atomic E-state index is 5.31. The normalized spacial score (nSPS) is 25.3. The van der Waals surface area contributed by atoms with Crippen molar-refractivity contribution >= 4 is 17.1 Å². The van der Waals surface area contributed by atoms with Crippen molar-refractivity contribution in [3.8, 4) is 5.75 Å². The number of imidazole rings is 1. The van der Waals surface area contributed by atoms with Crippen molar-refractivity contribution in [3.05, 3.63) is 42.4 Å². The van der Waals surface area contributed by atoms with E-state index in [9.17, 15) is 0 Å². The molecule has 0 aliphatic carbocycles. The van der Waals surface area contributed by atoms with Crippen LogP contribution in [-0.4, -0.2) is 58.2 Å². The van der Waals surface area contributed by atoms with Crippen molar-refractivity contribution in [2.45, 2.75) is 6.04 Å². The minimum Gasteiger partial charge on any atom is -0.497 e. The first-order valence-corrected chi connectivity index (χ1v) is 9.37. The highest BCUT2D eigenvalue weighted by molar-refractivity contribution is 5.71. The van der Waals surface area contributed by atoms with E-state index in [-0.39, 0.29) is 0 Å². The number of anilines is 1. The molecule has 2 aliphatic heterocycles. The van der Waals surface area contributed by atoms with Gasteiger partial charge < -0.3 is 14.2 Å². The Labute approximate surface area is 158 Å². The number of nitrogens with zero attached hydrogens (tertiary/aromatic N) is 6. The summed E-state index contributed by atoms with van der Waals surface area (Å²) < 4.78 is 7.26. The van der Waals surface area contributed by atoms with Crippen LogP contribution < -0.4 is 9.64 Å². The molecule has 0 unspecified atom stereocenters. The van der Waals surface area contributed by atoms with E-state index in [1.54, 1.807) is 13.4 Å². The van der Waals surface area contributed by atoms with Crippen molar-refractivity contribution in [1.29, 1.82) is 0 Å². The summed E-state index contributed by atoms with van der Waals surface area (Å²) >= 11 is 0. The summed E-state index contributed by atoms with van der Waals surface area (Å²) in [5.41, 5.74) is 3.09. The molecule has 3 atom stereocenters. The molecule has 4 heterocycles. The molecule has 0 amide bonds. The maximum Gasteiger partial charge on any atom is 0.227 e. The summed E-state index contributed by atoms with van der Waals surface area (Å²) in [5, 5.41) is 0. The summed E-state index contributed by atoms with van der Waals surface area (Å²) in [6.07, 6.45) is 3.67. The molecule has 27 heavy (non-hydrogen) atoms. The van der Waals surface area contributed by atoms with Crippen molar-refractivity contribution in [2.24, 2.45) is 18.9 Å². The first-order valence-electron chi connectivity index (χ1n) is 9.37. The number of likely N-dealkylation sites (tertiary alicyclic amines) is 1. The minimum absolute atomic E-state index is 0.421. The fourth-order valence-corrected chi connectivity index (χ4v) is 4.78. The van der Waals surface area contributed by atoms with Crippen molar-refractivity contribution < 1.29 is 4.74 Å². The first kappa shape index (κ1) is 16.5. The highest BCUT2D eigenvalue weighted by Crippen LogP contribution is 2.44. The van der Waals surface area contributed by atoms with Gasteiger partial charge in [0.2, 0.25) is 5.95 Å². The molecule has 2 fully saturated rings. The van der Waals surface area contributed by atoms with Crippen LogP contribution in [0.1, 0.15) is 11.6 Å². The van der Waals surface area contributed by atoms with Crippen LogP contribution in [0.4, 0.5) is 5.95 Å². The number of ether oxygens (including phenoxy) is 1. The molecule has 0 N–H and O–H groups in total. The van der Waals surface area contributed by atoms with Crippen LogP contribution in [0, 0.1) is 11.8 Å². The Hall–Kier alpha value is -2.67. The minimum atomic E-state index is 0.421. The molecule has 1 aromatic carbocycles. The number of aryl methyl sites for hydroxylation is 1. The Kier molecular flexibility index (Phi) is 3.79. The predicted octanol–water partition coefficient (Wildman–Crippen LogP) is 2.11. The van der Waals surface area contributed by atoms with Gasteiger partial charge in [0.1, 0.15) is 11.3 Å². The van der Waals surface area contributed by atoms with Gasteiger partial charge in [-0.25, -0.2) is 9.97 Å². The van der Waals surface area contributed by atoms with Crippen LogP contribution in [0.5, 0.6) is 5.75 Å². The average Bonchev–Trinajstić information content (AvgIpc) is 3.34. The second-order valence-electron chi connectivity index (χ2n) is 7.72. The van der Waals surface area contributed by atoms with Gasteiger partial charge in [-0.05, 0) is 30.7 Å². The molecule has 2 aliphatic rings. The Bertz CT molecular complexity index is 968. The molecule has 0 radical (unpaired) electrons. The van der Waals surface area contributed by atoms with Gasteiger partial charge >= 0.3 is 0 Å². The van der Waals surface area contributed by atoms with Gasteiger partial charge in [0.25, 0.3) is 0 Å². The van der Waals surface area contributed by atoms with E-state index in [2.05, 4.69) is 51.1 Å². The first-order chi connectivity index (χ1) is 13.1. The molecule has 0 saturated carbocycles. The lowest BCUT2D eigenvalue weighted by Gasteiger charge is -2.27. The molecule has 0 spiro atoms. The molecular weight excluding hydrogens is 340 g/mol. The third-order valence-electron chi connectivity index (χ3n) is 6.11. The molecule has 0 bridgehead atoms. The zero-order valence-electron chi connectivity index (χ0n) is 15.9. The summed E-state index contributed by atoms with van der Waals surface area (Å²) in [7, 11) is 5.90. The smallest absolute Gasteiger partial charge is 0.227 e. The van der Waals surface area contributed by atoms with E-state index in [0.29, 0.717) is 17.9 Å². The van der Waals surface area contributed by atoms with Crippen molar-refractivity contribution in [1.82, 2.24) is 24.4 Å². The number of aromatic nitrogens is 4. The summed E-state index contributed by atoms with van der Waals surface area (Å²) in [6, 6.07) is 8.93. The third kappa shape index (κ3) is 2.65. The van der Waals surface area contributed by atoms with E-state index in [4.69, 9.17) is 9.72 Å². The highest BCUT2D eigenvalue weighted by atomic mass is 16.5. The quantitative estimate of drug-likeness (QED) is 0.709. The Morgan fingerprint density at radius 3 is 2.63 bits per heavy atom. The largest absolute Gasteiger partial charge is 0.497 e. The Morgan fingerprint density at radius 2 is 1.85 bits per heavy atom. The van der Waals surface area contributed by atoms with Crippen molar-refractivity contribution in [2.75, 3.05) is 38.7 Å². The van der Waals surface area contributed by atoms with E-state index in [1.165, 1.54) is 5.56 Å². The maximum absolute atomic E-state index is 5.31. The topological polar surface area (TPSA) is 59.3 Å². The molecule has 2 aromatic heterocycles. The Balaban J connectivity index is 1.40. The third-order valence-corrected chi connectivity index (χ3v) is 6.11. The SMILES string of the molecule is COc1ccc([C@@H]2[C@@H]3CN(c4ncc5c(ncn5C)n4)C[C@@H]3CN2C)cc1. The number of hydrogen-bond acceptors (Lipinski definition) is 6. The van der Waals surface area contributed by atoms with Gasteiger partial charge in [-0.3, -0.25) is 4.90 Å². The van der Waals surface area contributed by atoms with Crippen LogP contribution in [0.25, 0.3) is 11.2 Å². The number of rotatable bonds is 3. The second-order valence-corrected chi connectivity index (χ2v) is 7.72. The van der Waals surface area contributed by atoms with Crippen LogP contribution in [-0.2, 0) is 7.05 Å². The molecule has 5 rings (SSSR count). The number of hydrogen-bond donors (Lipinski definition) is 0. The molecular formula is C20H24N6O. The highest BCUT2D eigenvalue weighted by Gasteiger charge is 2.46. The van der Waals surface area contributed by atoms with E-state index < -0.39 is 0 Å². The van der Waals surface area contributed by atoms with Crippen LogP contribution in [0.2, 0.25) is 0 Å². The number of benzene rings is 1. The number of fused-ring (bicyclic) bond motifs is 2. The van der Waals surface area contributed by atoms with Gasteiger partial charge in [0, 0.05) is 38.6 Å². The molecule has 7 heteroatoms. The van der Waals surface area contributed by atoms with E-state index >= 15 is 0 Å². The fourth-order valence-electron chi connectivity index (χ4n) is 4.78. The monoisotopic (exact) mass is 364 g/mol.